The third kappa shape index (κ3) is 6.82. The third-order valence-corrected chi connectivity index (χ3v) is 3.96. The molecule has 0 saturated carbocycles. The molecule has 1 aromatic rings. The summed E-state index contributed by atoms with van der Waals surface area (Å²) in [6, 6.07) is 4.34. The number of phenols is 1. The largest absolute Gasteiger partial charge is 0.507 e. The monoisotopic (exact) mass is 338 g/mol. The van der Waals surface area contributed by atoms with E-state index in [0.717, 1.165) is 11.1 Å². The van der Waals surface area contributed by atoms with Gasteiger partial charge in [-0.2, -0.15) is 0 Å². The highest BCUT2D eigenvalue weighted by molar-refractivity contribution is 5.51. The third-order valence-electron chi connectivity index (χ3n) is 3.96. The Balaban J connectivity index is 0.000000922. The van der Waals surface area contributed by atoms with Gasteiger partial charge in [0.2, 0.25) is 0 Å². The molecular formula is C21H38O3. The fourth-order valence-electron chi connectivity index (χ4n) is 2.21. The summed E-state index contributed by atoms with van der Waals surface area (Å²) in [5.74, 6) is 0.466. The SMILES string of the molecule is CC(C)(C)c1cc(C(C)(C)C)c(O)c(C(C)(C)C)c1.CCC(O)O. The van der Waals surface area contributed by atoms with Gasteiger partial charge in [0.05, 0.1) is 0 Å². The van der Waals surface area contributed by atoms with Crippen molar-refractivity contribution in [3.05, 3.63) is 28.8 Å². The second-order valence-corrected chi connectivity index (χ2v) is 9.56. The van der Waals surface area contributed by atoms with Crippen LogP contribution in [0.25, 0.3) is 0 Å². The van der Waals surface area contributed by atoms with Crippen molar-refractivity contribution < 1.29 is 15.3 Å². The highest BCUT2D eigenvalue weighted by atomic mass is 16.5. The summed E-state index contributed by atoms with van der Waals surface area (Å²) in [4.78, 5) is 0. The molecule has 0 aromatic heterocycles. The van der Waals surface area contributed by atoms with Gasteiger partial charge < -0.3 is 15.3 Å². The van der Waals surface area contributed by atoms with Crippen LogP contribution in [0.2, 0.25) is 0 Å². The van der Waals surface area contributed by atoms with Gasteiger partial charge >= 0.3 is 0 Å². The van der Waals surface area contributed by atoms with Crippen molar-refractivity contribution in [2.75, 3.05) is 0 Å². The average molecular weight is 339 g/mol. The van der Waals surface area contributed by atoms with Crippen molar-refractivity contribution in [3.63, 3.8) is 0 Å². The lowest BCUT2D eigenvalue weighted by Crippen LogP contribution is -2.21. The van der Waals surface area contributed by atoms with Gasteiger partial charge in [-0.15, -0.1) is 0 Å². The molecule has 3 N–H and O–H groups in total. The molecule has 0 unspecified atom stereocenters. The van der Waals surface area contributed by atoms with E-state index >= 15 is 0 Å². The van der Waals surface area contributed by atoms with Crippen LogP contribution >= 0.6 is 0 Å². The molecule has 0 spiro atoms. The van der Waals surface area contributed by atoms with Crippen LogP contribution in [0, 0.1) is 0 Å². The van der Waals surface area contributed by atoms with E-state index in [4.69, 9.17) is 10.2 Å². The molecule has 0 bridgehead atoms. The normalized spacial score (nSPS) is 12.9. The molecule has 0 fully saturated rings. The fraction of sp³-hybridized carbons (Fsp3) is 0.714. The minimum Gasteiger partial charge on any atom is -0.507 e. The summed E-state index contributed by atoms with van der Waals surface area (Å²) in [5, 5.41) is 26.5. The van der Waals surface area contributed by atoms with Gasteiger partial charge in [0.15, 0.2) is 6.29 Å². The molecule has 0 atom stereocenters. The molecule has 24 heavy (non-hydrogen) atoms. The van der Waals surface area contributed by atoms with Gasteiger partial charge in [0, 0.05) is 0 Å². The molecule has 0 saturated heterocycles. The number of aliphatic hydroxyl groups is 2. The first-order valence-electron chi connectivity index (χ1n) is 8.76. The predicted molar refractivity (Wildman–Crippen MR) is 103 cm³/mol. The smallest absolute Gasteiger partial charge is 0.151 e. The molecule has 0 heterocycles. The summed E-state index contributed by atoms with van der Waals surface area (Å²) in [7, 11) is 0. The van der Waals surface area contributed by atoms with Crippen LogP contribution in [-0.4, -0.2) is 21.6 Å². The van der Waals surface area contributed by atoms with E-state index < -0.39 is 6.29 Å². The van der Waals surface area contributed by atoms with Gasteiger partial charge in [-0.25, -0.2) is 0 Å². The van der Waals surface area contributed by atoms with Gasteiger partial charge in [0.1, 0.15) is 5.75 Å². The first kappa shape index (κ1) is 22.9. The van der Waals surface area contributed by atoms with Crippen LogP contribution in [0.1, 0.15) is 92.3 Å². The van der Waals surface area contributed by atoms with Crippen LogP contribution in [0.4, 0.5) is 0 Å². The minimum absolute atomic E-state index is 0.0503. The molecule has 140 valence electrons. The Kier molecular flexibility index (Phi) is 7.53. The van der Waals surface area contributed by atoms with E-state index in [9.17, 15) is 5.11 Å². The molecular weight excluding hydrogens is 300 g/mol. The van der Waals surface area contributed by atoms with Gasteiger partial charge in [0.25, 0.3) is 0 Å². The van der Waals surface area contributed by atoms with Crippen LogP contribution in [-0.2, 0) is 16.2 Å². The Morgan fingerprint density at radius 1 is 0.750 bits per heavy atom. The summed E-state index contributed by atoms with van der Waals surface area (Å²) in [5.41, 5.74) is 3.37. The molecule has 3 heteroatoms. The van der Waals surface area contributed by atoms with Crippen molar-refractivity contribution in [2.24, 2.45) is 0 Å². The van der Waals surface area contributed by atoms with Gasteiger partial charge in [-0.05, 0) is 39.4 Å². The number of hydrogen-bond donors (Lipinski definition) is 3. The maximum atomic E-state index is 10.7. The van der Waals surface area contributed by atoms with Crippen molar-refractivity contribution in [1.82, 2.24) is 0 Å². The maximum absolute atomic E-state index is 10.7. The predicted octanol–water partition coefficient (Wildman–Crippen LogP) is 4.99. The fourth-order valence-corrected chi connectivity index (χ4v) is 2.21. The van der Waals surface area contributed by atoms with Crippen LogP contribution in [0.15, 0.2) is 12.1 Å². The Morgan fingerprint density at radius 2 is 1.04 bits per heavy atom. The minimum atomic E-state index is -1.12. The quantitative estimate of drug-likeness (QED) is 0.632. The number of benzene rings is 1. The lowest BCUT2D eigenvalue weighted by molar-refractivity contribution is -0.0413. The second kappa shape index (κ2) is 7.88. The van der Waals surface area contributed by atoms with Gasteiger partial charge in [-0.1, -0.05) is 81.4 Å². The number of phenolic OH excluding ortho intramolecular Hbond substituents is 1. The van der Waals surface area contributed by atoms with E-state index in [1.807, 2.05) is 0 Å². The lowest BCUT2D eigenvalue weighted by atomic mass is 9.75. The standard InChI is InChI=1S/C18H30O.C3H8O2/c1-16(2,3)12-10-13(17(4,5)6)15(19)14(11-12)18(7,8)9;1-2-3(4)5/h10-11,19H,1-9H3;3-5H,2H2,1H3. The highest BCUT2D eigenvalue weighted by Crippen LogP contribution is 2.41. The Hall–Kier alpha value is -1.06. The first-order valence-corrected chi connectivity index (χ1v) is 8.76. The van der Waals surface area contributed by atoms with E-state index in [0.29, 0.717) is 12.2 Å². The number of rotatable bonds is 1. The zero-order valence-electron chi connectivity index (χ0n) is 17.3. The van der Waals surface area contributed by atoms with Crippen molar-refractivity contribution in [2.45, 2.75) is 98.2 Å². The van der Waals surface area contributed by atoms with Crippen molar-refractivity contribution in [3.8, 4) is 5.75 Å². The van der Waals surface area contributed by atoms with Crippen LogP contribution in [0.5, 0.6) is 5.75 Å². The highest BCUT2D eigenvalue weighted by Gasteiger charge is 2.28. The first-order chi connectivity index (χ1) is 10.5. The number of aliphatic hydroxyl groups excluding tert-OH is 1. The zero-order chi connectivity index (χ0) is 19.5. The average Bonchev–Trinajstić information content (AvgIpc) is 2.35. The number of hydrogen-bond acceptors (Lipinski definition) is 3. The second-order valence-electron chi connectivity index (χ2n) is 9.56. The Bertz CT molecular complexity index is 488. The van der Waals surface area contributed by atoms with E-state index in [2.05, 4.69) is 74.4 Å². The van der Waals surface area contributed by atoms with Crippen LogP contribution < -0.4 is 0 Å². The number of aromatic hydroxyl groups is 1. The lowest BCUT2D eigenvalue weighted by Gasteiger charge is -2.31. The molecule has 0 amide bonds. The van der Waals surface area contributed by atoms with E-state index in [1.54, 1.807) is 6.92 Å². The summed E-state index contributed by atoms with van der Waals surface area (Å²) < 4.78 is 0. The molecule has 1 rings (SSSR count). The molecule has 3 nitrogen and oxygen atoms in total. The summed E-state index contributed by atoms with van der Waals surface area (Å²) in [6.45, 7) is 21.3. The Morgan fingerprint density at radius 3 is 1.21 bits per heavy atom. The molecule has 0 radical (unpaired) electrons. The van der Waals surface area contributed by atoms with E-state index in [-0.39, 0.29) is 16.2 Å². The molecule has 0 aliphatic carbocycles. The maximum Gasteiger partial charge on any atom is 0.151 e. The molecule has 0 aliphatic heterocycles. The summed E-state index contributed by atoms with van der Waals surface area (Å²) in [6.07, 6.45) is -0.699. The van der Waals surface area contributed by atoms with Crippen molar-refractivity contribution in [1.29, 1.82) is 0 Å². The zero-order valence-corrected chi connectivity index (χ0v) is 17.3. The molecule has 0 aliphatic rings. The van der Waals surface area contributed by atoms with E-state index in [1.165, 1.54) is 5.56 Å². The van der Waals surface area contributed by atoms with Crippen molar-refractivity contribution >= 4 is 0 Å². The topological polar surface area (TPSA) is 60.7 Å². The van der Waals surface area contributed by atoms with Gasteiger partial charge in [-0.3, -0.25) is 0 Å². The Labute approximate surface area is 148 Å². The van der Waals surface area contributed by atoms with Crippen LogP contribution in [0.3, 0.4) is 0 Å². The molecule has 1 aromatic carbocycles. The summed E-state index contributed by atoms with van der Waals surface area (Å²) >= 11 is 0.